The Morgan fingerprint density at radius 1 is 1.33 bits per heavy atom. The summed E-state index contributed by atoms with van der Waals surface area (Å²) in [5, 5.41) is 7.38. The van der Waals surface area contributed by atoms with Crippen molar-refractivity contribution < 1.29 is 4.79 Å². The average molecular weight is 373 g/mol. The maximum atomic E-state index is 12.4. The molecule has 0 spiro atoms. The van der Waals surface area contributed by atoms with E-state index >= 15 is 0 Å². The second-order valence-electron chi connectivity index (χ2n) is 7.58. The van der Waals surface area contributed by atoms with E-state index in [0.717, 1.165) is 30.0 Å². The summed E-state index contributed by atoms with van der Waals surface area (Å²) in [6.07, 6.45) is 8.87. The predicted octanol–water partition coefficient (Wildman–Crippen LogP) is 2.44. The van der Waals surface area contributed by atoms with Crippen molar-refractivity contribution in [3.05, 3.63) is 23.3 Å². The minimum atomic E-state index is 0.119. The fourth-order valence-corrected chi connectivity index (χ4v) is 4.02. The number of likely N-dealkylation sites (tertiary alicyclic amines) is 1. The van der Waals surface area contributed by atoms with Crippen LogP contribution in [0.2, 0.25) is 0 Å². The minimum Gasteiger partial charge on any atom is -0.355 e. The van der Waals surface area contributed by atoms with E-state index in [1.54, 1.807) is 4.52 Å². The van der Waals surface area contributed by atoms with Gasteiger partial charge in [0.05, 0.1) is 0 Å². The fourth-order valence-electron chi connectivity index (χ4n) is 4.02. The van der Waals surface area contributed by atoms with Gasteiger partial charge in [-0.2, -0.15) is 10.1 Å². The van der Waals surface area contributed by atoms with Crippen molar-refractivity contribution in [1.29, 1.82) is 0 Å². The molecule has 27 heavy (non-hydrogen) atoms. The van der Waals surface area contributed by atoms with Gasteiger partial charge in [-0.15, -0.1) is 0 Å². The van der Waals surface area contributed by atoms with Gasteiger partial charge >= 0.3 is 0 Å². The van der Waals surface area contributed by atoms with Gasteiger partial charge in [-0.3, -0.25) is 9.69 Å². The van der Waals surface area contributed by atoms with Crippen LogP contribution in [0, 0.1) is 13.8 Å². The van der Waals surface area contributed by atoms with E-state index in [9.17, 15) is 4.79 Å². The Kier molecular flexibility index (Phi) is 6.77. The van der Waals surface area contributed by atoms with Crippen molar-refractivity contribution in [2.75, 3.05) is 19.6 Å². The highest BCUT2D eigenvalue weighted by Gasteiger charge is 2.22. The summed E-state index contributed by atoms with van der Waals surface area (Å²) in [6, 6.07) is 0.492. The molecule has 1 aliphatic heterocycles. The number of rotatable bonds is 8. The molecule has 3 rings (SSSR count). The average Bonchev–Trinajstić information content (AvgIpc) is 3.13. The number of carbonyl (C=O) groups excluding carboxylic acids is 1. The highest BCUT2D eigenvalue weighted by atomic mass is 16.1. The Hall–Kier alpha value is -2.02. The number of amides is 1. The first-order valence-corrected chi connectivity index (χ1v) is 10.3. The number of nitrogens with one attached hydrogen (secondary N) is 1. The third-order valence-corrected chi connectivity index (χ3v) is 5.67. The molecule has 2 aromatic rings. The smallest absolute Gasteiger partial charge is 0.252 e. The van der Waals surface area contributed by atoms with E-state index in [1.807, 2.05) is 13.8 Å². The first-order valence-electron chi connectivity index (χ1n) is 10.3. The molecular formula is C20H32N6O. The number of hydrogen-bond donors (Lipinski definition) is 1. The van der Waals surface area contributed by atoms with Gasteiger partial charge < -0.3 is 5.32 Å². The van der Waals surface area contributed by atoms with E-state index in [-0.39, 0.29) is 5.91 Å². The number of hydrogen-bond acceptors (Lipinski definition) is 5. The standard InChI is InChI=1S/C20H32N6O/c1-4-5-11-25-12-7-6-8-17(25)13-21-19(27)10-9-18-15(2)24-20-22-14-23-26(20)16(18)3/h14,17H,4-13H2,1-3H3,(H,21,27). The van der Waals surface area contributed by atoms with Gasteiger partial charge in [-0.1, -0.05) is 19.8 Å². The van der Waals surface area contributed by atoms with Gasteiger partial charge in [-0.05, 0) is 58.2 Å². The van der Waals surface area contributed by atoms with E-state index in [0.29, 0.717) is 24.7 Å². The normalized spacial score (nSPS) is 18.1. The molecule has 148 valence electrons. The van der Waals surface area contributed by atoms with Crippen molar-refractivity contribution in [1.82, 2.24) is 29.8 Å². The van der Waals surface area contributed by atoms with Crippen LogP contribution < -0.4 is 5.32 Å². The molecule has 0 saturated carbocycles. The summed E-state index contributed by atoms with van der Waals surface area (Å²) in [4.78, 5) is 23.6. The van der Waals surface area contributed by atoms with Crippen molar-refractivity contribution in [3.63, 3.8) is 0 Å². The number of carbonyl (C=O) groups is 1. The number of fused-ring (bicyclic) bond motifs is 1. The van der Waals surface area contributed by atoms with Crippen LogP contribution in [-0.2, 0) is 11.2 Å². The molecule has 1 fully saturated rings. The van der Waals surface area contributed by atoms with Crippen LogP contribution in [-0.4, -0.2) is 56.1 Å². The van der Waals surface area contributed by atoms with E-state index in [2.05, 4.69) is 32.2 Å². The fraction of sp³-hybridized carbons (Fsp3) is 0.700. The van der Waals surface area contributed by atoms with Gasteiger partial charge in [0.15, 0.2) is 0 Å². The van der Waals surface area contributed by atoms with E-state index < -0.39 is 0 Å². The molecular weight excluding hydrogens is 340 g/mol. The molecule has 1 unspecified atom stereocenters. The Balaban J connectivity index is 1.52. The molecule has 7 nitrogen and oxygen atoms in total. The van der Waals surface area contributed by atoms with Crippen molar-refractivity contribution in [2.45, 2.75) is 71.8 Å². The van der Waals surface area contributed by atoms with Crippen LogP contribution in [0.15, 0.2) is 6.33 Å². The zero-order valence-corrected chi connectivity index (χ0v) is 16.9. The van der Waals surface area contributed by atoms with E-state index in [4.69, 9.17) is 0 Å². The van der Waals surface area contributed by atoms with Crippen molar-refractivity contribution in [3.8, 4) is 0 Å². The maximum Gasteiger partial charge on any atom is 0.252 e. The van der Waals surface area contributed by atoms with E-state index in [1.165, 1.54) is 45.0 Å². The summed E-state index contributed by atoms with van der Waals surface area (Å²) >= 11 is 0. The Morgan fingerprint density at radius 2 is 2.19 bits per heavy atom. The molecule has 0 radical (unpaired) electrons. The lowest BCUT2D eigenvalue weighted by Gasteiger charge is -2.35. The quantitative estimate of drug-likeness (QED) is 0.770. The van der Waals surface area contributed by atoms with Crippen LogP contribution in [0.3, 0.4) is 0 Å². The summed E-state index contributed by atoms with van der Waals surface area (Å²) in [5.41, 5.74) is 3.03. The van der Waals surface area contributed by atoms with Gasteiger partial charge in [-0.25, -0.2) is 9.50 Å². The first kappa shape index (κ1) is 19.7. The predicted molar refractivity (Wildman–Crippen MR) is 106 cm³/mol. The second-order valence-corrected chi connectivity index (χ2v) is 7.58. The van der Waals surface area contributed by atoms with Crippen LogP contribution in [0.1, 0.15) is 62.4 Å². The molecule has 2 aromatic heterocycles. The molecule has 0 bridgehead atoms. The number of aromatic nitrogens is 4. The number of piperidine rings is 1. The zero-order chi connectivity index (χ0) is 19.2. The SMILES string of the molecule is CCCCN1CCCCC1CNC(=O)CCc1c(C)nc2ncnn2c1C. The summed E-state index contributed by atoms with van der Waals surface area (Å²) < 4.78 is 1.74. The molecule has 0 aromatic carbocycles. The lowest BCUT2D eigenvalue weighted by Crippen LogP contribution is -2.47. The third-order valence-electron chi connectivity index (χ3n) is 5.67. The number of nitrogens with zero attached hydrogens (tertiary/aromatic N) is 5. The lowest BCUT2D eigenvalue weighted by molar-refractivity contribution is -0.121. The van der Waals surface area contributed by atoms with Crippen molar-refractivity contribution >= 4 is 11.7 Å². The number of unbranched alkanes of at least 4 members (excludes halogenated alkanes) is 1. The molecule has 1 atom stereocenters. The lowest BCUT2D eigenvalue weighted by atomic mass is 10.0. The topological polar surface area (TPSA) is 75.4 Å². The highest BCUT2D eigenvalue weighted by Crippen LogP contribution is 2.18. The summed E-state index contributed by atoms with van der Waals surface area (Å²) in [5.74, 6) is 0.733. The molecule has 1 N–H and O–H groups in total. The molecule has 3 heterocycles. The molecule has 7 heteroatoms. The summed E-state index contributed by atoms with van der Waals surface area (Å²) in [7, 11) is 0. The van der Waals surface area contributed by atoms with Gasteiger partial charge in [0.25, 0.3) is 5.78 Å². The van der Waals surface area contributed by atoms with Gasteiger partial charge in [0.1, 0.15) is 6.33 Å². The Morgan fingerprint density at radius 3 is 3.00 bits per heavy atom. The summed E-state index contributed by atoms with van der Waals surface area (Å²) in [6.45, 7) is 9.30. The second kappa shape index (κ2) is 9.26. The first-order chi connectivity index (χ1) is 13.1. The van der Waals surface area contributed by atoms with Crippen LogP contribution >= 0.6 is 0 Å². The van der Waals surface area contributed by atoms with Gasteiger partial charge in [0.2, 0.25) is 5.91 Å². The minimum absolute atomic E-state index is 0.119. The monoisotopic (exact) mass is 372 g/mol. The molecule has 1 saturated heterocycles. The molecule has 1 amide bonds. The van der Waals surface area contributed by atoms with Crippen LogP contribution in [0.25, 0.3) is 5.78 Å². The molecule has 1 aliphatic rings. The third kappa shape index (κ3) is 4.83. The maximum absolute atomic E-state index is 12.4. The van der Waals surface area contributed by atoms with Crippen LogP contribution in [0.5, 0.6) is 0 Å². The number of aryl methyl sites for hydroxylation is 2. The van der Waals surface area contributed by atoms with Crippen molar-refractivity contribution in [2.24, 2.45) is 0 Å². The van der Waals surface area contributed by atoms with Gasteiger partial charge in [0, 0.05) is 30.4 Å². The van der Waals surface area contributed by atoms with Crippen LogP contribution in [0.4, 0.5) is 0 Å². The largest absolute Gasteiger partial charge is 0.355 e. The Labute approximate surface area is 161 Å². The molecule has 0 aliphatic carbocycles. The highest BCUT2D eigenvalue weighted by molar-refractivity contribution is 5.76. The zero-order valence-electron chi connectivity index (χ0n) is 16.9. The Bertz CT molecular complexity index is 771.